The van der Waals surface area contributed by atoms with E-state index in [4.69, 9.17) is 16.3 Å². The van der Waals surface area contributed by atoms with Gasteiger partial charge in [0, 0.05) is 16.1 Å². The van der Waals surface area contributed by atoms with E-state index in [-0.39, 0.29) is 16.3 Å². The van der Waals surface area contributed by atoms with Gasteiger partial charge in [0.1, 0.15) is 5.82 Å². The van der Waals surface area contributed by atoms with E-state index >= 15 is 0 Å². The molecule has 0 aliphatic heterocycles. The van der Waals surface area contributed by atoms with E-state index in [9.17, 15) is 19.7 Å². The fourth-order valence-electron chi connectivity index (χ4n) is 2.84. The highest BCUT2D eigenvalue weighted by Crippen LogP contribution is 2.36. The number of aryl methyl sites for hydroxylation is 1. The summed E-state index contributed by atoms with van der Waals surface area (Å²) in [4.78, 5) is 39.6. The smallest absolute Gasteiger partial charge is 0.346 e. The number of fused-ring (bicyclic) bond motifs is 1. The SMILES string of the molecule is COC(=O)[C@H](C)Oc1c(Cl)cc(C=Nn2c(C)nc3ccc(Br)cc3c2=O)cc1[N+](=O)[O-]. The number of benzene rings is 2. The number of methoxy groups -OCH3 is 1. The molecule has 0 radical (unpaired) electrons. The molecule has 0 N–H and O–H groups in total. The number of ether oxygens (including phenoxy) is 2. The number of esters is 1. The standard InChI is InChI=1S/C20H16BrClN4O6/c1-10(20(28)31-3)32-18-15(22)6-12(7-17(18)26(29)30)9-23-25-11(2)24-16-5-4-13(21)8-14(16)19(25)27/h4-10H,1-3H3/t10-/m0/s1. The van der Waals surface area contributed by atoms with Gasteiger partial charge in [-0.2, -0.15) is 9.78 Å². The lowest BCUT2D eigenvalue weighted by atomic mass is 10.2. The summed E-state index contributed by atoms with van der Waals surface area (Å²) >= 11 is 9.50. The van der Waals surface area contributed by atoms with Crippen LogP contribution in [0, 0.1) is 17.0 Å². The minimum atomic E-state index is -1.11. The van der Waals surface area contributed by atoms with Crippen LogP contribution in [0.1, 0.15) is 18.3 Å². The van der Waals surface area contributed by atoms with Gasteiger partial charge in [-0.3, -0.25) is 14.9 Å². The molecule has 10 nitrogen and oxygen atoms in total. The molecule has 0 spiro atoms. The Kier molecular flexibility index (Phi) is 6.90. The average molecular weight is 524 g/mol. The van der Waals surface area contributed by atoms with Crippen molar-refractivity contribution in [2.45, 2.75) is 20.0 Å². The molecule has 1 aromatic heterocycles. The van der Waals surface area contributed by atoms with Crippen molar-refractivity contribution in [3.8, 4) is 5.75 Å². The molecule has 12 heteroatoms. The van der Waals surface area contributed by atoms with Gasteiger partial charge in [0.2, 0.25) is 5.75 Å². The van der Waals surface area contributed by atoms with Crippen molar-refractivity contribution in [1.29, 1.82) is 0 Å². The van der Waals surface area contributed by atoms with Crippen LogP contribution in [-0.4, -0.2) is 40.0 Å². The molecule has 0 aliphatic rings. The minimum Gasteiger partial charge on any atom is -0.471 e. The largest absolute Gasteiger partial charge is 0.471 e. The zero-order chi connectivity index (χ0) is 23.6. The number of aromatic nitrogens is 2. The van der Waals surface area contributed by atoms with Crippen molar-refractivity contribution in [2.24, 2.45) is 5.10 Å². The highest BCUT2D eigenvalue weighted by molar-refractivity contribution is 9.10. The van der Waals surface area contributed by atoms with Crippen molar-refractivity contribution < 1.29 is 19.2 Å². The molecule has 3 rings (SSSR count). The molecule has 0 aliphatic carbocycles. The predicted molar refractivity (Wildman–Crippen MR) is 122 cm³/mol. The molecule has 0 bridgehead atoms. The van der Waals surface area contributed by atoms with Gasteiger partial charge in [-0.25, -0.2) is 9.78 Å². The molecule has 0 saturated carbocycles. The third-order valence-electron chi connectivity index (χ3n) is 4.36. The molecule has 3 aromatic rings. The van der Waals surface area contributed by atoms with Crippen molar-refractivity contribution >= 4 is 56.3 Å². The molecule has 32 heavy (non-hydrogen) atoms. The van der Waals surface area contributed by atoms with Crippen LogP contribution in [0.2, 0.25) is 5.02 Å². The Morgan fingerprint density at radius 1 is 1.38 bits per heavy atom. The van der Waals surface area contributed by atoms with Crippen LogP contribution < -0.4 is 10.3 Å². The second-order valence-electron chi connectivity index (χ2n) is 6.57. The Labute approximate surface area is 194 Å². The third kappa shape index (κ3) is 4.78. The number of halogens is 2. The van der Waals surface area contributed by atoms with E-state index in [2.05, 4.69) is 30.8 Å². The molecule has 1 atom stereocenters. The molecular weight excluding hydrogens is 508 g/mol. The lowest BCUT2D eigenvalue weighted by molar-refractivity contribution is -0.386. The van der Waals surface area contributed by atoms with Gasteiger partial charge >= 0.3 is 11.7 Å². The fourth-order valence-corrected chi connectivity index (χ4v) is 3.47. The first-order valence-corrected chi connectivity index (χ1v) is 10.2. The van der Waals surface area contributed by atoms with Gasteiger partial charge in [-0.05, 0) is 38.1 Å². The van der Waals surface area contributed by atoms with E-state index < -0.39 is 28.2 Å². The number of nitro benzene ring substituents is 1. The summed E-state index contributed by atoms with van der Waals surface area (Å²) in [7, 11) is 1.17. The second-order valence-corrected chi connectivity index (χ2v) is 7.90. The van der Waals surface area contributed by atoms with Crippen molar-refractivity contribution in [2.75, 3.05) is 7.11 Å². The first-order valence-electron chi connectivity index (χ1n) is 9.08. The van der Waals surface area contributed by atoms with Gasteiger partial charge in [-0.15, -0.1) is 0 Å². The highest BCUT2D eigenvalue weighted by atomic mass is 79.9. The second kappa shape index (κ2) is 9.45. The van der Waals surface area contributed by atoms with E-state index in [0.29, 0.717) is 21.2 Å². The van der Waals surface area contributed by atoms with Gasteiger partial charge in [0.25, 0.3) is 5.56 Å². The zero-order valence-electron chi connectivity index (χ0n) is 17.0. The lowest BCUT2D eigenvalue weighted by Crippen LogP contribution is -2.25. The van der Waals surface area contributed by atoms with Gasteiger partial charge in [-0.1, -0.05) is 27.5 Å². The molecule has 0 amide bonds. The van der Waals surface area contributed by atoms with Crippen LogP contribution in [0.15, 0.2) is 44.7 Å². The molecule has 0 unspecified atom stereocenters. The maximum atomic E-state index is 12.8. The summed E-state index contributed by atoms with van der Waals surface area (Å²) in [6.07, 6.45) is 0.131. The lowest BCUT2D eigenvalue weighted by Gasteiger charge is -2.14. The van der Waals surface area contributed by atoms with E-state index in [1.807, 2.05) is 0 Å². The highest BCUT2D eigenvalue weighted by Gasteiger charge is 2.25. The van der Waals surface area contributed by atoms with Crippen LogP contribution >= 0.6 is 27.5 Å². The summed E-state index contributed by atoms with van der Waals surface area (Å²) in [6.45, 7) is 2.99. The average Bonchev–Trinajstić information content (AvgIpc) is 2.74. The molecule has 1 heterocycles. The molecular formula is C20H16BrClN4O6. The number of rotatable bonds is 6. The predicted octanol–water partition coefficient (Wildman–Crippen LogP) is 3.85. The summed E-state index contributed by atoms with van der Waals surface area (Å²) in [6, 6.07) is 7.64. The Balaban J connectivity index is 2.04. The summed E-state index contributed by atoms with van der Waals surface area (Å²) < 4.78 is 11.7. The summed E-state index contributed by atoms with van der Waals surface area (Å²) in [5, 5.41) is 15.9. The maximum absolute atomic E-state index is 12.8. The Bertz CT molecular complexity index is 1320. The topological polar surface area (TPSA) is 126 Å². The number of nitrogens with zero attached hydrogens (tertiary/aromatic N) is 4. The monoisotopic (exact) mass is 522 g/mol. The van der Waals surface area contributed by atoms with E-state index in [0.717, 1.165) is 4.68 Å². The van der Waals surface area contributed by atoms with E-state index in [1.165, 1.54) is 32.4 Å². The molecule has 2 aromatic carbocycles. The zero-order valence-corrected chi connectivity index (χ0v) is 19.4. The van der Waals surface area contributed by atoms with Crippen LogP contribution in [0.3, 0.4) is 0 Å². The van der Waals surface area contributed by atoms with Crippen LogP contribution in [-0.2, 0) is 9.53 Å². The number of hydrogen-bond donors (Lipinski definition) is 0. The third-order valence-corrected chi connectivity index (χ3v) is 5.14. The van der Waals surface area contributed by atoms with E-state index in [1.54, 1.807) is 25.1 Å². The van der Waals surface area contributed by atoms with Gasteiger partial charge in [0.05, 0.1) is 34.2 Å². The molecule has 166 valence electrons. The first-order chi connectivity index (χ1) is 15.1. The van der Waals surface area contributed by atoms with Crippen LogP contribution in [0.4, 0.5) is 5.69 Å². The number of hydrogen-bond acceptors (Lipinski definition) is 8. The Hall–Kier alpha value is -3.31. The van der Waals surface area contributed by atoms with Crippen LogP contribution in [0.25, 0.3) is 10.9 Å². The Morgan fingerprint density at radius 2 is 2.09 bits per heavy atom. The van der Waals surface area contributed by atoms with Crippen molar-refractivity contribution in [3.63, 3.8) is 0 Å². The van der Waals surface area contributed by atoms with Crippen molar-refractivity contribution in [1.82, 2.24) is 9.66 Å². The fraction of sp³-hybridized carbons (Fsp3) is 0.200. The van der Waals surface area contributed by atoms with Gasteiger partial charge < -0.3 is 9.47 Å². The van der Waals surface area contributed by atoms with Crippen molar-refractivity contribution in [3.05, 3.63) is 71.7 Å². The number of nitro groups is 1. The first kappa shape index (κ1) is 23.4. The summed E-state index contributed by atoms with van der Waals surface area (Å²) in [5.74, 6) is -0.669. The maximum Gasteiger partial charge on any atom is 0.346 e. The number of carbonyl (C=O) groups is 1. The number of carbonyl (C=O) groups excluding carboxylic acids is 1. The normalized spacial score (nSPS) is 12.2. The minimum absolute atomic E-state index is 0.110. The molecule has 0 saturated heterocycles. The molecule has 0 fully saturated rings. The van der Waals surface area contributed by atoms with Gasteiger partial charge in [0.15, 0.2) is 6.10 Å². The van der Waals surface area contributed by atoms with Crippen LogP contribution in [0.5, 0.6) is 5.75 Å². The quantitative estimate of drug-likeness (QED) is 0.208. The summed E-state index contributed by atoms with van der Waals surface area (Å²) in [5.41, 5.74) is -0.126. The Morgan fingerprint density at radius 3 is 2.75 bits per heavy atom.